The second-order valence-corrected chi connectivity index (χ2v) is 5.37. The Balaban J connectivity index is 1.89. The largest absolute Gasteiger partial charge is 0.490 e. The Kier molecular flexibility index (Phi) is 5.22. The molecule has 4 nitrogen and oxygen atoms in total. The smallest absolute Gasteiger partial charge is 0.339 e. The minimum Gasteiger partial charge on any atom is -0.490 e. The van der Waals surface area contributed by atoms with Crippen molar-refractivity contribution in [1.82, 2.24) is 0 Å². The van der Waals surface area contributed by atoms with Crippen LogP contribution in [0.1, 0.15) is 15.9 Å². The van der Waals surface area contributed by atoms with Gasteiger partial charge in [0, 0.05) is 4.47 Å². The van der Waals surface area contributed by atoms with E-state index in [1.807, 2.05) is 31.2 Å². The molecule has 21 heavy (non-hydrogen) atoms. The zero-order chi connectivity index (χ0) is 15.2. The zero-order valence-corrected chi connectivity index (χ0v) is 13.1. The standard InChI is InChI=1S/C16H15BrO4/c1-11-2-5-13(6-3-11)20-8-9-21-15-7-4-12(17)10-14(15)16(18)19/h2-7,10H,8-9H2,1H3,(H,18,19). The van der Waals surface area contributed by atoms with Gasteiger partial charge in [-0.25, -0.2) is 4.79 Å². The van der Waals surface area contributed by atoms with Gasteiger partial charge in [-0.3, -0.25) is 0 Å². The van der Waals surface area contributed by atoms with Gasteiger partial charge in [-0.15, -0.1) is 0 Å². The molecule has 0 radical (unpaired) electrons. The van der Waals surface area contributed by atoms with E-state index in [2.05, 4.69) is 15.9 Å². The van der Waals surface area contributed by atoms with Crippen LogP contribution in [0.25, 0.3) is 0 Å². The average molecular weight is 351 g/mol. The molecule has 110 valence electrons. The van der Waals surface area contributed by atoms with E-state index in [1.54, 1.807) is 12.1 Å². The third kappa shape index (κ3) is 4.49. The Hall–Kier alpha value is -2.01. The second kappa shape index (κ2) is 7.13. The maximum Gasteiger partial charge on any atom is 0.339 e. The lowest BCUT2D eigenvalue weighted by atomic mass is 10.2. The molecule has 0 aromatic heterocycles. The first-order valence-corrected chi connectivity index (χ1v) is 7.20. The maximum atomic E-state index is 11.1. The number of halogens is 1. The fourth-order valence-electron chi connectivity index (χ4n) is 1.74. The highest BCUT2D eigenvalue weighted by atomic mass is 79.9. The minimum absolute atomic E-state index is 0.125. The molecule has 0 unspecified atom stereocenters. The fraction of sp³-hybridized carbons (Fsp3) is 0.188. The molecule has 0 atom stereocenters. The van der Waals surface area contributed by atoms with Gasteiger partial charge in [-0.1, -0.05) is 33.6 Å². The van der Waals surface area contributed by atoms with Crippen molar-refractivity contribution in [2.24, 2.45) is 0 Å². The van der Waals surface area contributed by atoms with E-state index in [1.165, 1.54) is 11.6 Å². The van der Waals surface area contributed by atoms with Gasteiger partial charge in [0.05, 0.1) is 0 Å². The topological polar surface area (TPSA) is 55.8 Å². The summed E-state index contributed by atoms with van der Waals surface area (Å²) in [5, 5.41) is 9.12. The van der Waals surface area contributed by atoms with E-state index in [0.29, 0.717) is 16.8 Å². The van der Waals surface area contributed by atoms with E-state index in [4.69, 9.17) is 14.6 Å². The highest BCUT2D eigenvalue weighted by Gasteiger charge is 2.11. The van der Waals surface area contributed by atoms with E-state index in [0.717, 1.165) is 5.75 Å². The summed E-state index contributed by atoms with van der Waals surface area (Å²) in [5.41, 5.74) is 1.29. The molecule has 0 spiro atoms. The molecule has 1 N–H and O–H groups in total. The van der Waals surface area contributed by atoms with Crippen LogP contribution in [0.2, 0.25) is 0 Å². The van der Waals surface area contributed by atoms with Crippen molar-refractivity contribution in [2.45, 2.75) is 6.92 Å². The summed E-state index contributed by atoms with van der Waals surface area (Å²) in [6.45, 7) is 2.63. The number of hydrogen-bond acceptors (Lipinski definition) is 3. The van der Waals surface area contributed by atoms with Crippen LogP contribution in [0.4, 0.5) is 0 Å². The molecule has 0 saturated heterocycles. The van der Waals surface area contributed by atoms with Gasteiger partial charge in [0.25, 0.3) is 0 Å². The first-order valence-electron chi connectivity index (χ1n) is 6.41. The molecule has 0 fully saturated rings. The predicted molar refractivity (Wildman–Crippen MR) is 83.3 cm³/mol. The minimum atomic E-state index is -1.02. The Labute approximate surface area is 131 Å². The SMILES string of the molecule is Cc1ccc(OCCOc2ccc(Br)cc2C(=O)O)cc1. The van der Waals surface area contributed by atoms with Crippen molar-refractivity contribution < 1.29 is 19.4 Å². The lowest BCUT2D eigenvalue weighted by molar-refractivity contribution is 0.0691. The Morgan fingerprint density at radius 3 is 2.43 bits per heavy atom. The van der Waals surface area contributed by atoms with Crippen LogP contribution in [-0.2, 0) is 0 Å². The van der Waals surface area contributed by atoms with Gasteiger partial charge in [0.2, 0.25) is 0 Å². The second-order valence-electron chi connectivity index (χ2n) is 4.46. The average Bonchev–Trinajstić information content (AvgIpc) is 2.46. The third-order valence-electron chi connectivity index (χ3n) is 2.80. The summed E-state index contributed by atoms with van der Waals surface area (Å²) >= 11 is 3.24. The Morgan fingerprint density at radius 2 is 1.76 bits per heavy atom. The van der Waals surface area contributed by atoms with Crippen LogP contribution < -0.4 is 9.47 Å². The highest BCUT2D eigenvalue weighted by Crippen LogP contribution is 2.23. The van der Waals surface area contributed by atoms with E-state index in [-0.39, 0.29) is 12.2 Å². The number of hydrogen-bond donors (Lipinski definition) is 1. The molecule has 0 heterocycles. The molecule has 0 saturated carbocycles. The summed E-state index contributed by atoms with van der Waals surface area (Å²) in [5.74, 6) is 0.0717. The van der Waals surface area contributed by atoms with Crippen LogP contribution in [0.3, 0.4) is 0 Å². The number of aromatic carboxylic acids is 1. The molecular weight excluding hydrogens is 336 g/mol. The highest BCUT2D eigenvalue weighted by molar-refractivity contribution is 9.10. The van der Waals surface area contributed by atoms with Gasteiger partial charge < -0.3 is 14.6 Å². The normalized spacial score (nSPS) is 10.2. The summed E-state index contributed by atoms with van der Waals surface area (Å²) in [4.78, 5) is 11.1. The van der Waals surface area contributed by atoms with Gasteiger partial charge >= 0.3 is 5.97 Å². The molecule has 0 aliphatic rings. The van der Waals surface area contributed by atoms with Crippen molar-refractivity contribution >= 4 is 21.9 Å². The molecule has 2 aromatic rings. The number of benzene rings is 2. The lowest BCUT2D eigenvalue weighted by Gasteiger charge is -2.10. The van der Waals surface area contributed by atoms with Crippen LogP contribution in [-0.4, -0.2) is 24.3 Å². The fourth-order valence-corrected chi connectivity index (χ4v) is 2.10. The van der Waals surface area contributed by atoms with Crippen LogP contribution in [0.5, 0.6) is 11.5 Å². The third-order valence-corrected chi connectivity index (χ3v) is 3.30. The monoisotopic (exact) mass is 350 g/mol. The molecule has 0 bridgehead atoms. The summed E-state index contributed by atoms with van der Waals surface area (Å²) in [6, 6.07) is 12.6. The number of carbonyl (C=O) groups is 1. The lowest BCUT2D eigenvalue weighted by Crippen LogP contribution is -2.11. The number of carboxylic acid groups (broad SMARTS) is 1. The van der Waals surface area contributed by atoms with Gasteiger partial charge in [0.15, 0.2) is 0 Å². The number of carboxylic acids is 1. The number of rotatable bonds is 6. The number of ether oxygens (including phenoxy) is 2. The van der Waals surface area contributed by atoms with Gasteiger partial charge in [-0.2, -0.15) is 0 Å². The van der Waals surface area contributed by atoms with E-state index in [9.17, 15) is 4.79 Å². The van der Waals surface area contributed by atoms with Crippen molar-refractivity contribution in [3.63, 3.8) is 0 Å². The van der Waals surface area contributed by atoms with Crippen molar-refractivity contribution in [3.8, 4) is 11.5 Å². The predicted octanol–water partition coefficient (Wildman–Crippen LogP) is 3.91. The Morgan fingerprint density at radius 1 is 1.10 bits per heavy atom. The quantitative estimate of drug-likeness (QED) is 0.802. The van der Waals surface area contributed by atoms with Gasteiger partial charge in [-0.05, 0) is 37.3 Å². The van der Waals surface area contributed by atoms with Crippen molar-refractivity contribution in [1.29, 1.82) is 0 Å². The Bertz CT molecular complexity index is 623. The van der Waals surface area contributed by atoms with Gasteiger partial charge in [0.1, 0.15) is 30.3 Å². The van der Waals surface area contributed by atoms with E-state index < -0.39 is 5.97 Å². The zero-order valence-electron chi connectivity index (χ0n) is 11.5. The summed E-state index contributed by atoms with van der Waals surface area (Å²) in [7, 11) is 0. The van der Waals surface area contributed by atoms with Crippen LogP contribution in [0, 0.1) is 6.92 Å². The van der Waals surface area contributed by atoms with Crippen LogP contribution >= 0.6 is 15.9 Å². The first-order chi connectivity index (χ1) is 10.1. The first kappa shape index (κ1) is 15.4. The molecule has 5 heteroatoms. The molecule has 2 rings (SSSR count). The summed E-state index contributed by atoms with van der Waals surface area (Å²) in [6.07, 6.45) is 0. The van der Waals surface area contributed by atoms with Crippen LogP contribution in [0.15, 0.2) is 46.9 Å². The number of aryl methyl sites for hydroxylation is 1. The molecule has 0 aliphatic heterocycles. The molecule has 0 amide bonds. The summed E-state index contributed by atoms with van der Waals surface area (Å²) < 4.78 is 11.7. The molecule has 2 aromatic carbocycles. The molecular formula is C16H15BrO4. The maximum absolute atomic E-state index is 11.1. The van der Waals surface area contributed by atoms with Crippen molar-refractivity contribution in [3.05, 3.63) is 58.1 Å². The van der Waals surface area contributed by atoms with E-state index >= 15 is 0 Å². The molecule has 0 aliphatic carbocycles. The van der Waals surface area contributed by atoms with Crippen molar-refractivity contribution in [2.75, 3.05) is 13.2 Å².